The van der Waals surface area contributed by atoms with Crippen LogP contribution in [0.25, 0.3) is 10.9 Å². The monoisotopic (exact) mass is 219 g/mol. The third kappa shape index (κ3) is 1.57. The molecule has 16 heavy (non-hydrogen) atoms. The number of aromatic nitrogens is 1. The Kier molecular flexibility index (Phi) is 2.66. The maximum atomic E-state index is 11.7. The summed E-state index contributed by atoms with van der Waals surface area (Å²) in [5.74, 6) is 0.732. The highest BCUT2D eigenvalue weighted by Crippen LogP contribution is 2.19. The molecule has 0 amide bonds. The highest BCUT2D eigenvalue weighted by molar-refractivity contribution is 5.81. The summed E-state index contributed by atoms with van der Waals surface area (Å²) < 4.78 is 6.64. The molecule has 0 aliphatic carbocycles. The lowest BCUT2D eigenvalue weighted by Gasteiger charge is -2.08. The van der Waals surface area contributed by atoms with Gasteiger partial charge in [-0.15, -0.1) is 0 Å². The van der Waals surface area contributed by atoms with Crippen LogP contribution in [-0.4, -0.2) is 16.8 Å². The van der Waals surface area contributed by atoms with Crippen molar-refractivity contribution >= 4 is 10.9 Å². The van der Waals surface area contributed by atoms with Crippen LogP contribution in [0.1, 0.15) is 5.56 Å². The van der Waals surface area contributed by atoms with E-state index < -0.39 is 0 Å². The van der Waals surface area contributed by atoms with Crippen molar-refractivity contribution < 1.29 is 9.84 Å². The number of aliphatic hydroxyl groups is 1. The van der Waals surface area contributed by atoms with E-state index in [1.165, 1.54) is 4.57 Å². The predicted octanol–water partition coefficient (Wildman–Crippen LogP) is 1.04. The molecule has 0 spiro atoms. The Bertz CT molecular complexity index is 587. The van der Waals surface area contributed by atoms with Gasteiger partial charge in [0.2, 0.25) is 0 Å². The van der Waals surface area contributed by atoms with Crippen molar-refractivity contribution in [3.63, 3.8) is 0 Å². The van der Waals surface area contributed by atoms with Gasteiger partial charge >= 0.3 is 0 Å². The van der Waals surface area contributed by atoms with E-state index in [0.29, 0.717) is 5.56 Å². The molecule has 0 unspecified atom stereocenters. The summed E-state index contributed by atoms with van der Waals surface area (Å²) in [7, 11) is 3.28. The summed E-state index contributed by atoms with van der Waals surface area (Å²) in [5, 5.41) is 9.96. The fourth-order valence-electron chi connectivity index (χ4n) is 1.77. The second-order valence-electron chi connectivity index (χ2n) is 3.62. The quantitative estimate of drug-likeness (QED) is 0.821. The van der Waals surface area contributed by atoms with Crippen molar-refractivity contribution in [3.05, 3.63) is 40.2 Å². The van der Waals surface area contributed by atoms with Gasteiger partial charge in [0.1, 0.15) is 5.75 Å². The number of methoxy groups -OCH3 is 1. The van der Waals surface area contributed by atoms with Crippen LogP contribution < -0.4 is 10.3 Å². The standard InChI is InChI=1S/C12H13NO3/c1-13-11-4-3-10(16-2)6-8(11)5-9(7-14)12(13)15/h3-6,14H,7H2,1-2H3. The Labute approximate surface area is 92.7 Å². The fraction of sp³-hybridized carbons (Fsp3) is 0.250. The Morgan fingerprint density at radius 3 is 2.75 bits per heavy atom. The van der Waals surface area contributed by atoms with Gasteiger partial charge in [-0.1, -0.05) is 0 Å². The summed E-state index contributed by atoms with van der Waals surface area (Å²) in [6, 6.07) is 7.17. The number of nitrogens with zero attached hydrogens (tertiary/aromatic N) is 1. The number of rotatable bonds is 2. The number of aryl methyl sites for hydroxylation is 1. The van der Waals surface area contributed by atoms with Gasteiger partial charge in [-0.25, -0.2) is 0 Å². The number of aliphatic hydroxyl groups excluding tert-OH is 1. The van der Waals surface area contributed by atoms with Crippen LogP contribution in [-0.2, 0) is 13.7 Å². The molecule has 2 aromatic rings. The minimum Gasteiger partial charge on any atom is -0.497 e. The second-order valence-corrected chi connectivity index (χ2v) is 3.62. The zero-order valence-corrected chi connectivity index (χ0v) is 9.23. The molecule has 84 valence electrons. The Balaban J connectivity index is 2.82. The van der Waals surface area contributed by atoms with Crippen molar-refractivity contribution in [2.45, 2.75) is 6.61 Å². The molecule has 4 heteroatoms. The lowest BCUT2D eigenvalue weighted by molar-refractivity contribution is 0.279. The van der Waals surface area contributed by atoms with Gasteiger partial charge in [0.25, 0.3) is 5.56 Å². The van der Waals surface area contributed by atoms with Gasteiger partial charge in [-0.3, -0.25) is 4.79 Å². The molecule has 2 rings (SSSR count). The normalized spacial score (nSPS) is 10.7. The molecule has 0 aliphatic rings. The van der Waals surface area contributed by atoms with Gasteiger partial charge in [0.05, 0.1) is 19.2 Å². The van der Waals surface area contributed by atoms with Crippen LogP contribution in [0, 0.1) is 0 Å². The molecule has 1 N–H and O–H groups in total. The van der Waals surface area contributed by atoms with Gasteiger partial charge < -0.3 is 14.4 Å². The molecule has 1 aromatic heterocycles. The van der Waals surface area contributed by atoms with E-state index >= 15 is 0 Å². The number of fused-ring (bicyclic) bond motifs is 1. The first-order chi connectivity index (χ1) is 7.67. The molecule has 0 fully saturated rings. The molecule has 1 aromatic carbocycles. The highest BCUT2D eigenvalue weighted by atomic mass is 16.5. The first-order valence-electron chi connectivity index (χ1n) is 4.95. The van der Waals surface area contributed by atoms with E-state index in [0.717, 1.165) is 16.7 Å². The van der Waals surface area contributed by atoms with Crippen molar-refractivity contribution in [1.29, 1.82) is 0 Å². The Hall–Kier alpha value is -1.81. The lowest BCUT2D eigenvalue weighted by Crippen LogP contribution is -2.21. The van der Waals surface area contributed by atoms with Crippen LogP contribution in [0.3, 0.4) is 0 Å². The summed E-state index contributed by atoms with van der Waals surface area (Å²) in [4.78, 5) is 11.7. The third-order valence-corrected chi connectivity index (χ3v) is 2.68. The van der Waals surface area contributed by atoms with Crippen molar-refractivity contribution in [1.82, 2.24) is 4.57 Å². The van der Waals surface area contributed by atoms with Gasteiger partial charge in [-0.2, -0.15) is 0 Å². The number of ether oxygens (including phenoxy) is 1. The lowest BCUT2D eigenvalue weighted by atomic mass is 10.1. The molecule has 1 heterocycles. The minimum absolute atomic E-state index is 0.167. The van der Waals surface area contributed by atoms with Crippen LogP contribution in [0.5, 0.6) is 5.75 Å². The van der Waals surface area contributed by atoms with E-state index in [2.05, 4.69) is 0 Å². The molecular formula is C12H13NO3. The van der Waals surface area contributed by atoms with Crippen molar-refractivity contribution in [3.8, 4) is 5.75 Å². The van der Waals surface area contributed by atoms with E-state index in [9.17, 15) is 4.79 Å². The smallest absolute Gasteiger partial charge is 0.256 e. The summed E-state index contributed by atoms with van der Waals surface area (Å²) >= 11 is 0. The third-order valence-electron chi connectivity index (χ3n) is 2.68. The average molecular weight is 219 g/mol. The predicted molar refractivity (Wildman–Crippen MR) is 61.7 cm³/mol. The van der Waals surface area contributed by atoms with Crippen molar-refractivity contribution in [2.24, 2.45) is 7.05 Å². The van der Waals surface area contributed by atoms with E-state index in [4.69, 9.17) is 9.84 Å². The molecule has 0 radical (unpaired) electrons. The zero-order valence-electron chi connectivity index (χ0n) is 9.23. The summed E-state index contributed by atoms with van der Waals surface area (Å²) in [6.07, 6.45) is 0. The number of benzene rings is 1. The van der Waals surface area contributed by atoms with Crippen molar-refractivity contribution in [2.75, 3.05) is 7.11 Å². The SMILES string of the molecule is COc1ccc2c(c1)cc(CO)c(=O)n2C. The molecule has 0 atom stereocenters. The van der Waals surface area contributed by atoms with Gasteiger partial charge in [-0.05, 0) is 24.3 Å². The largest absolute Gasteiger partial charge is 0.497 e. The molecule has 0 bridgehead atoms. The fourth-order valence-corrected chi connectivity index (χ4v) is 1.77. The van der Waals surface area contributed by atoms with Crippen LogP contribution in [0.2, 0.25) is 0 Å². The first-order valence-corrected chi connectivity index (χ1v) is 4.95. The summed E-state index contributed by atoms with van der Waals surface area (Å²) in [6.45, 7) is -0.250. The Morgan fingerprint density at radius 1 is 1.38 bits per heavy atom. The van der Waals surface area contributed by atoms with E-state index in [-0.39, 0.29) is 12.2 Å². The maximum Gasteiger partial charge on any atom is 0.256 e. The van der Waals surface area contributed by atoms with E-state index in [1.54, 1.807) is 26.3 Å². The topological polar surface area (TPSA) is 51.5 Å². The molecule has 0 saturated carbocycles. The molecule has 0 saturated heterocycles. The van der Waals surface area contributed by atoms with Gasteiger partial charge in [0, 0.05) is 18.0 Å². The average Bonchev–Trinajstić information content (AvgIpc) is 2.33. The summed E-state index contributed by atoms with van der Waals surface area (Å²) in [5.41, 5.74) is 1.05. The molecule has 0 aliphatic heterocycles. The van der Waals surface area contributed by atoms with Gasteiger partial charge in [0.15, 0.2) is 0 Å². The zero-order chi connectivity index (χ0) is 11.7. The van der Waals surface area contributed by atoms with Crippen LogP contribution >= 0.6 is 0 Å². The number of hydrogen-bond donors (Lipinski definition) is 1. The first kappa shape index (κ1) is 10.7. The molecular weight excluding hydrogens is 206 g/mol. The maximum absolute atomic E-state index is 11.7. The number of pyridine rings is 1. The second kappa shape index (κ2) is 3.98. The molecule has 4 nitrogen and oxygen atoms in total. The van der Waals surface area contributed by atoms with E-state index in [1.807, 2.05) is 12.1 Å². The van der Waals surface area contributed by atoms with Crippen LogP contribution in [0.4, 0.5) is 0 Å². The Morgan fingerprint density at radius 2 is 2.12 bits per heavy atom. The minimum atomic E-state index is -0.250. The number of hydrogen-bond acceptors (Lipinski definition) is 3. The van der Waals surface area contributed by atoms with Crippen LogP contribution in [0.15, 0.2) is 29.1 Å². The highest BCUT2D eigenvalue weighted by Gasteiger charge is 2.06.